The van der Waals surface area contributed by atoms with Crippen molar-refractivity contribution in [1.82, 2.24) is 14.3 Å². The maximum Gasteiger partial charge on any atom is 0.352 e. The molecule has 0 aliphatic heterocycles. The highest BCUT2D eigenvalue weighted by atomic mass is 35.5. The zero-order valence-corrected chi connectivity index (χ0v) is 15.8. The fourth-order valence-corrected chi connectivity index (χ4v) is 2.72. The lowest BCUT2D eigenvalue weighted by atomic mass is 10.2. The number of benzene rings is 2. The molecule has 1 heterocycles. The topological polar surface area (TPSA) is 110 Å². The normalized spacial score (nSPS) is 10.4. The number of anilines is 1. The molecule has 3 rings (SSSR count). The van der Waals surface area contributed by atoms with Crippen LogP contribution in [0.2, 0.25) is 5.02 Å². The van der Waals surface area contributed by atoms with Gasteiger partial charge in [0, 0.05) is 11.9 Å². The van der Waals surface area contributed by atoms with Gasteiger partial charge in [-0.1, -0.05) is 23.7 Å². The summed E-state index contributed by atoms with van der Waals surface area (Å²) in [7, 11) is 0. The molecule has 0 saturated carbocycles. The fraction of sp³-hybridized carbons (Fsp3) is 0.105. The second-order valence-electron chi connectivity index (χ2n) is 6.02. The summed E-state index contributed by atoms with van der Waals surface area (Å²) in [5, 5.41) is 15.8. The molecule has 0 fully saturated rings. The third-order valence-corrected chi connectivity index (χ3v) is 4.18. The summed E-state index contributed by atoms with van der Waals surface area (Å²) in [6, 6.07) is 11.6. The summed E-state index contributed by atoms with van der Waals surface area (Å²) < 4.78 is 15.6. The lowest BCUT2D eigenvalue weighted by Gasteiger charge is -2.12. The summed E-state index contributed by atoms with van der Waals surface area (Å²) in [6.07, 6.45) is 0. The number of carbonyl (C=O) groups excluding carboxylic acids is 1. The van der Waals surface area contributed by atoms with E-state index in [9.17, 15) is 24.0 Å². The van der Waals surface area contributed by atoms with Crippen molar-refractivity contribution in [3.05, 3.63) is 85.4 Å². The van der Waals surface area contributed by atoms with Crippen LogP contribution < -0.4 is 16.6 Å². The Morgan fingerprint density at radius 1 is 1.24 bits per heavy atom. The molecule has 3 aromatic rings. The van der Waals surface area contributed by atoms with Gasteiger partial charge in [-0.15, -0.1) is 5.10 Å². The third-order valence-electron chi connectivity index (χ3n) is 3.92. The zero-order chi connectivity index (χ0) is 21.1. The molecule has 2 aromatic carbocycles. The van der Waals surface area contributed by atoms with Gasteiger partial charge in [-0.25, -0.2) is 9.18 Å². The average Bonchev–Trinajstić information content (AvgIpc) is 2.68. The van der Waals surface area contributed by atoms with Crippen molar-refractivity contribution in [2.45, 2.75) is 13.5 Å². The minimum absolute atomic E-state index is 0.0708. The molecular weight excluding hydrogens is 401 g/mol. The molecule has 8 nitrogen and oxygen atoms in total. The van der Waals surface area contributed by atoms with Crippen LogP contribution in [0.1, 0.15) is 18.2 Å². The number of aromatic nitrogens is 3. The van der Waals surface area contributed by atoms with Crippen molar-refractivity contribution in [3.63, 3.8) is 0 Å². The first kappa shape index (κ1) is 20.0. The molecule has 10 heteroatoms. The first-order valence-electron chi connectivity index (χ1n) is 8.26. The highest BCUT2D eigenvalue weighted by Crippen LogP contribution is 2.18. The monoisotopic (exact) mass is 413 g/mol. The molecular formula is C19H13ClFN5O3. The van der Waals surface area contributed by atoms with Crippen molar-refractivity contribution in [3.8, 4) is 11.8 Å². The average molecular weight is 414 g/mol. The summed E-state index contributed by atoms with van der Waals surface area (Å²) in [5.41, 5.74) is -1.69. The number of amides is 1. The zero-order valence-electron chi connectivity index (χ0n) is 15.0. The fourth-order valence-electron chi connectivity index (χ4n) is 2.60. The van der Waals surface area contributed by atoms with E-state index in [1.165, 1.54) is 19.1 Å². The Morgan fingerprint density at radius 2 is 1.93 bits per heavy atom. The summed E-state index contributed by atoms with van der Waals surface area (Å²) in [5.74, 6) is -1.22. The molecule has 0 atom stereocenters. The minimum Gasteiger partial charge on any atom is -0.324 e. The van der Waals surface area contributed by atoms with Gasteiger partial charge in [0.15, 0.2) is 0 Å². The van der Waals surface area contributed by atoms with Gasteiger partial charge in [0.05, 0.1) is 17.9 Å². The van der Waals surface area contributed by atoms with Crippen LogP contribution >= 0.6 is 11.6 Å². The number of hydrogen-bond donors (Lipinski definition) is 1. The first-order valence-corrected chi connectivity index (χ1v) is 8.64. The molecule has 1 amide bonds. The van der Waals surface area contributed by atoms with E-state index in [0.29, 0.717) is 10.6 Å². The Bertz CT molecular complexity index is 1260. The van der Waals surface area contributed by atoms with Crippen LogP contribution in [0, 0.1) is 17.1 Å². The molecule has 0 spiro atoms. The summed E-state index contributed by atoms with van der Waals surface area (Å²) >= 11 is 5.85. The van der Waals surface area contributed by atoms with Crippen molar-refractivity contribution in [1.29, 1.82) is 5.26 Å². The predicted molar refractivity (Wildman–Crippen MR) is 104 cm³/mol. The molecule has 1 N–H and O–H groups in total. The number of rotatable bonds is 4. The third kappa shape index (κ3) is 4.23. The van der Waals surface area contributed by atoms with Crippen LogP contribution in [0.25, 0.3) is 5.69 Å². The molecule has 0 aliphatic rings. The Balaban J connectivity index is 2.17. The maximum absolute atomic E-state index is 13.9. The van der Waals surface area contributed by atoms with Crippen LogP contribution in [0.3, 0.4) is 0 Å². The number of nitriles is 1. The second-order valence-corrected chi connectivity index (χ2v) is 6.45. The van der Waals surface area contributed by atoms with Gasteiger partial charge in [0.2, 0.25) is 11.6 Å². The Morgan fingerprint density at radius 3 is 2.55 bits per heavy atom. The molecule has 146 valence electrons. The quantitative estimate of drug-likeness (QED) is 0.704. The Labute approximate surface area is 168 Å². The van der Waals surface area contributed by atoms with E-state index in [4.69, 9.17) is 11.6 Å². The van der Waals surface area contributed by atoms with Crippen molar-refractivity contribution in [2.24, 2.45) is 0 Å². The van der Waals surface area contributed by atoms with Gasteiger partial charge in [-0.3, -0.25) is 14.2 Å². The van der Waals surface area contributed by atoms with Crippen molar-refractivity contribution in [2.75, 3.05) is 5.32 Å². The van der Waals surface area contributed by atoms with Gasteiger partial charge in [-0.2, -0.15) is 9.94 Å². The van der Waals surface area contributed by atoms with Crippen LogP contribution in [-0.2, 0) is 11.3 Å². The first-order chi connectivity index (χ1) is 13.8. The SMILES string of the molecule is CC(=O)Nc1cc(-n2nc(C#N)c(=O)n(Cc3ccc(Cl)cc3)c2=O)ccc1F. The lowest BCUT2D eigenvalue weighted by molar-refractivity contribution is -0.114. The molecule has 0 unspecified atom stereocenters. The molecule has 0 radical (unpaired) electrons. The molecule has 1 aromatic heterocycles. The number of nitrogens with one attached hydrogen (secondary N) is 1. The molecule has 29 heavy (non-hydrogen) atoms. The van der Waals surface area contributed by atoms with Gasteiger partial charge in [0.1, 0.15) is 11.9 Å². The number of hydrogen-bond acceptors (Lipinski definition) is 5. The summed E-state index contributed by atoms with van der Waals surface area (Å²) in [4.78, 5) is 36.6. The maximum atomic E-state index is 13.9. The predicted octanol–water partition coefficient (Wildman–Crippen LogP) is 2.07. The van der Waals surface area contributed by atoms with Crippen LogP contribution in [0.15, 0.2) is 52.1 Å². The smallest absolute Gasteiger partial charge is 0.324 e. The van der Waals surface area contributed by atoms with E-state index in [0.717, 1.165) is 15.3 Å². The molecule has 0 saturated heterocycles. The van der Waals surface area contributed by atoms with Gasteiger partial charge in [-0.05, 0) is 35.9 Å². The number of nitrogens with zero attached hydrogens (tertiary/aromatic N) is 4. The van der Waals surface area contributed by atoms with E-state index in [1.807, 2.05) is 0 Å². The molecule has 0 aliphatic carbocycles. The van der Waals surface area contributed by atoms with E-state index < -0.39 is 28.7 Å². The molecule has 0 bridgehead atoms. The highest BCUT2D eigenvalue weighted by molar-refractivity contribution is 6.30. The Hall–Kier alpha value is -3.77. The summed E-state index contributed by atoms with van der Waals surface area (Å²) in [6.45, 7) is 1.09. The largest absolute Gasteiger partial charge is 0.352 e. The van der Waals surface area contributed by atoms with E-state index in [2.05, 4.69) is 10.4 Å². The van der Waals surface area contributed by atoms with Crippen molar-refractivity contribution >= 4 is 23.2 Å². The Kier molecular flexibility index (Phi) is 5.57. The minimum atomic E-state index is -0.854. The van der Waals surface area contributed by atoms with Gasteiger partial charge < -0.3 is 5.32 Å². The number of carbonyl (C=O) groups is 1. The standard InChI is InChI=1S/C19H13ClFN5O3/c1-11(27)23-16-8-14(6-7-15(16)21)26-19(29)25(18(28)17(9-22)24-26)10-12-2-4-13(20)5-3-12/h2-8H,10H2,1H3,(H,23,27). The second kappa shape index (κ2) is 8.08. The van der Waals surface area contributed by atoms with Crippen LogP contribution in [0.5, 0.6) is 0 Å². The number of halogens is 2. The van der Waals surface area contributed by atoms with E-state index in [1.54, 1.807) is 30.3 Å². The van der Waals surface area contributed by atoms with E-state index in [-0.39, 0.29) is 17.9 Å². The van der Waals surface area contributed by atoms with Crippen LogP contribution in [-0.4, -0.2) is 20.3 Å². The van der Waals surface area contributed by atoms with E-state index >= 15 is 0 Å². The lowest BCUT2D eigenvalue weighted by Crippen LogP contribution is -2.42. The van der Waals surface area contributed by atoms with Crippen LogP contribution in [0.4, 0.5) is 10.1 Å². The van der Waals surface area contributed by atoms with Gasteiger partial charge >= 0.3 is 5.69 Å². The highest BCUT2D eigenvalue weighted by Gasteiger charge is 2.16. The van der Waals surface area contributed by atoms with Crippen molar-refractivity contribution < 1.29 is 9.18 Å². The van der Waals surface area contributed by atoms with Gasteiger partial charge in [0.25, 0.3) is 5.56 Å².